The summed E-state index contributed by atoms with van der Waals surface area (Å²) in [5.74, 6) is 0.581. The van der Waals surface area contributed by atoms with E-state index in [0.717, 1.165) is 5.69 Å². The zero-order valence-corrected chi connectivity index (χ0v) is 15.4. The van der Waals surface area contributed by atoms with Gasteiger partial charge in [-0.05, 0) is 36.4 Å². The van der Waals surface area contributed by atoms with Gasteiger partial charge in [0.2, 0.25) is 0 Å². The first-order valence-electron chi connectivity index (χ1n) is 8.51. The third-order valence-corrected chi connectivity index (χ3v) is 4.25. The molecular formula is C21H15ClN4O2. The highest BCUT2D eigenvalue weighted by Crippen LogP contribution is 2.33. The number of para-hydroxylation sites is 4. The Kier molecular flexibility index (Phi) is 5.03. The lowest BCUT2D eigenvalue weighted by atomic mass is 10.2. The van der Waals surface area contributed by atoms with Crippen LogP contribution in [0, 0.1) is 0 Å². The largest absolute Gasteiger partial charge is 0.454 e. The number of benzene rings is 3. The van der Waals surface area contributed by atoms with Crippen molar-refractivity contribution in [3.05, 3.63) is 95.8 Å². The topological polar surface area (TPSA) is 69.0 Å². The first kappa shape index (κ1) is 17.8. The van der Waals surface area contributed by atoms with Crippen LogP contribution in [-0.2, 0) is 0 Å². The quantitative estimate of drug-likeness (QED) is 0.522. The van der Waals surface area contributed by atoms with Crippen LogP contribution in [0.1, 0.15) is 10.5 Å². The summed E-state index contributed by atoms with van der Waals surface area (Å²) in [6, 6.07) is 23.7. The van der Waals surface area contributed by atoms with Crippen LogP contribution in [0.3, 0.4) is 0 Å². The third kappa shape index (κ3) is 3.87. The van der Waals surface area contributed by atoms with E-state index in [1.165, 1.54) is 0 Å². The van der Waals surface area contributed by atoms with Gasteiger partial charge >= 0.3 is 0 Å². The minimum absolute atomic E-state index is 0.191. The first-order valence-corrected chi connectivity index (χ1v) is 8.89. The predicted molar refractivity (Wildman–Crippen MR) is 107 cm³/mol. The molecule has 1 N–H and O–H groups in total. The van der Waals surface area contributed by atoms with Crippen molar-refractivity contribution < 1.29 is 9.53 Å². The van der Waals surface area contributed by atoms with E-state index in [1.54, 1.807) is 41.2 Å². The average molecular weight is 391 g/mol. The number of halogens is 1. The first-order chi connectivity index (χ1) is 13.7. The number of nitrogens with one attached hydrogen (secondary N) is 1. The highest BCUT2D eigenvalue weighted by Gasteiger charge is 2.15. The van der Waals surface area contributed by atoms with E-state index in [2.05, 4.69) is 15.6 Å². The van der Waals surface area contributed by atoms with E-state index in [4.69, 9.17) is 16.3 Å². The number of rotatable bonds is 5. The lowest BCUT2D eigenvalue weighted by molar-refractivity contribution is 0.102. The number of nitrogens with zero attached hydrogens (tertiary/aromatic N) is 3. The van der Waals surface area contributed by atoms with Crippen molar-refractivity contribution in [2.75, 3.05) is 5.32 Å². The molecule has 4 rings (SSSR count). The third-order valence-electron chi connectivity index (χ3n) is 3.94. The van der Waals surface area contributed by atoms with Gasteiger partial charge in [0, 0.05) is 0 Å². The number of amides is 1. The minimum Gasteiger partial charge on any atom is -0.454 e. The second-order valence-electron chi connectivity index (χ2n) is 5.87. The molecule has 0 saturated carbocycles. The normalized spacial score (nSPS) is 10.5. The number of carbonyl (C=O) groups is 1. The molecule has 0 aliphatic carbocycles. The summed E-state index contributed by atoms with van der Waals surface area (Å²) in [5, 5.41) is 11.3. The van der Waals surface area contributed by atoms with Crippen molar-refractivity contribution in [2.45, 2.75) is 0 Å². The van der Waals surface area contributed by atoms with Crippen molar-refractivity contribution in [3.63, 3.8) is 0 Å². The molecule has 138 valence electrons. The Balaban J connectivity index is 1.54. The van der Waals surface area contributed by atoms with Gasteiger partial charge < -0.3 is 10.1 Å². The van der Waals surface area contributed by atoms with E-state index in [-0.39, 0.29) is 5.69 Å². The highest BCUT2D eigenvalue weighted by molar-refractivity contribution is 6.32. The molecule has 1 heterocycles. The van der Waals surface area contributed by atoms with E-state index < -0.39 is 5.91 Å². The summed E-state index contributed by atoms with van der Waals surface area (Å²) in [6.07, 6.45) is 1.57. The summed E-state index contributed by atoms with van der Waals surface area (Å²) in [7, 11) is 0. The summed E-state index contributed by atoms with van der Waals surface area (Å²) in [6.45, 7) is 0. The van der Waals surface area contributed by atoms with Gasteiger partial charge in [-0.3, -0.25) is 4.79 Å². The van der Waals surface area contributed by atoms with Crippen LogP contribution in [0.4, 0.5) is 5.69 Å². The Bertz CT molecular complexity index is 1110. The monoisotopic (exact) mass is 390 g/mol. The van der Waals surface area contributed by atoms with Crippen molar-refractivity contribution in [2.24, 2.45) is 0 Å². The average Bonchev–Trinajstić information content (AvgIpc) is 3.22. The van der Waals surface area contributed by atoms with Crippen LogP contribution in [0.15, 0.2) is 85.1 Å². The molecule has 28 heavy (non-hydrogen) atoms. The molecule has 0 atom stereocenters. The van der Waals surface area contributed by atoms with E-state index >= 15 is 0 Å². The molecule has 1 amide bonds. The van der Waals surface area contributed by atoms with Crippen LogP contribution in [0.2, 0.25) is 5.02 Å². The summed E-state index contributed by atoms with van der Waals surface area (Å²) in [4.78, 5) is 12.6. The molecule has 7 heteroatoms. The number of aromatic nitrogens is 3. The smallest absolute Gasteiger partial charge is 0.277 e. The van der Waals surface area contributed by atoms with Gasteiger partial charge in [-0.15, -0.1) is 5.10 Å². The number of hydrogen-bond acceptors (Lipinski definition) is 4. The fourth-order valence-corrected chi connectivity index (χ4v) is 2.74. The highest BCUT2D eigenvalue weighted by atomic mass is 35.5. The Hall–Kier alpha value is -3.64. The molecule has 0 aliphatic rings. The molecule has 0 bridgehead atoms. The zero-order valence-electron chi connectivity index (χ0n) is 14.6. The predicted octanol–water partition coefficient (Wildman–Crippen LogP) is 4.97. The fraction of sp³-hybridized carbons (Fsp3) is 0. The van der Waals surface area contributed by atoms with Crippen molar-refractivity contribution in [1.82, 2.24) is 15.0 Å². The van der Waals surface area contributed by atoms with E-state index in [9.17, 15) is 4.79 Å². The van der Waals surface area contributed by atoms with Crippen LogP contribution < -0.4 is 10.1 Å². The van der Waals surface area contributed by atoms with Gasteiger partial charge in [-0.2, -0.15) is 0 Å². The lowest BCUT2D eigenvalue weighted by Gasteiger charge is -2.12. The van der Waals surface area contributed by atoms with Gasteiger partial charge in [0.25, 0.3) is 5.91 Å². The maximum absolute atomic E-state index is 12.6. The van der Waals surface area contributed by atoms with Gasteiger partial charge in [0.1, 0.15) is 5.75 Å². The van der Waals surface area contributed by atoms with E-state index in [0.29, 0.717) is 22.2 Å². The van der Waals surface area contributed by atoms with Gasteiger partial charge in [0.05, 0.1) is 22.6 Å². The van der Waals surface area contributed by atoms with Gasteiger partial charge in [0.15, 0.2) is 11.4 Å². The molecule has 4 aromatic rings. The Morgan fingerprint density at radius 3 is 2.36 bits per heavy atom. The summed E-state index contributed by atoms with van der Waals surface area (Å²) >= 11 is 6.16. The van der Waals surface area contributed by atoms with Crippen LogP contribution >= 0.6 is 11.6 Å². The molecule has 6 nitrogen and oxygen atoms in total. The standard InChI is InChI=1S/C21H15ClN4O2/c22-16-10-4-6-12-19(16)28-20-13-7-5-11-17(20)23-21(27)18-14-26(25-24-18)15-8-2-1-3-9-15/h1-14H,(H,23,27). The molecular weight excluding hydrogens is 376 g/mol. The van der Waals surface area contributed by atoms with Crippen molar-refractivity contribution in [3.8, 4) is 17.2 Å². The number of hydrogen-bond donors (Lipinski definition) is 1. The number of anilines is 1. The second kappa shape index (κ2) is 7.94. The molecule has 0 spiro atoms. The fourth-order valence-electron chi connectivity index (χ4n) is 2.57. The van der Waals surface area contributed by atoms with E-state index in [1.807, 2.05) is 48.5 Å². The molecule has 3 aromatic carbocycles. The summed E-state index contributed by atoms with van der Waals surface area (Å²) < 4.78 is 7.41. The van der Waals surface area contributed by atoms with Crippen LogP contribution in [0.5, 0.6) is 11.5 Å². The molecule has 0 unspecified atom stereocenters. The lowest BCUT2D eigenvalue weighted by Crippen LogP contribution is -2.13. The molecule has 0 saturated heterocycles. The Morgan fingerprint density at radius 1 is 0.893 bits per heavy atom. The maximum atomic E-state index is 12.6. The number of carbonyl (C=O) groups excluding carboxylic acids is 1. The SMILES string of the molecule is O=C(Nc1ccccc1Oc1ccccc1Cl)c1cn(-c2ccccc2)nn1. The zero-order chi connectivity index (χ0) is 19.3. The maximum Gasteiger partial charge on any atom is 0.277 e. The molecule has 0 aliphatic heterocycles. The number of ether oxygens (including phenoxy) is 1. The summed E-state index contributed by atoms with van der Waals surface area (Å²) in [5.41, 5.74) is 1.51. The van der Waals surface area contributed by atoms with Crippen LogP contribution in [0.25, 0.3) is 5.69 Å². The van der Waals surface area contributed by atoms with Crippen LogP contribution in [-0.4, -0.2) is 20.9 Å². The molecule has 0 fully saturated rings. The molecule has 1 aromatic heterocycles. The minimum atomic E-state index is -0.391. The van der Waals surface area contributed by atoms with Gasteiger partial charge in [-0.1, -0.05) is 59.3 Å². The van der Waals surface area contributed by atoms with Crippen molar-refractivity contribution >= 4 is 23.2 Å². The Labute approximate surface area is 166 Å². The molecule has 0 radical (unpaired) electrons. The second-order valence-corrected chi connectivity index (χ2v) is 6.27. The van der Waals surface area contributed by atoms with Crippen molar-refractivity contribution in [1.29, 1.82) is 0 Å². The van der Waals surface area contributed by atoms with Gasteiger partial charge in [-0.25, -0.2) is 4.68 Å². The Morgan fingerprint density at radius 2 is 1.57 bits per heavy atom.